The maximum atomic E-state index is 13.0. The molecule has 0 spiro atoms. The Kier molecular flexibility index (Phi) is 3.91. The molecule has 4 aliphatic carbocycles. The highest BCUT2D eigenvalue weighted by molar-refractivity contribution is 5.88. The van der Waals surface area contributed by atoms with Crippen molar-refractivity contribution in [3.8, 4) is 5.75 Å². The van der Waals surface area contributed by atoms with Gasteiger partial charge in [-0.2, -0.15) is 0 Å². The summed E-state index contributed by atoms with van der Waals surface area (Å²) in [6.45, 7) is 1.11. The van der Waals surface area contributed by atoms with Gasteiger partial charge in [-0.1, -0.05) is 36.4 Å². The van der Waals surface area contributed by atoms with Gasteiger partial charge in [0.05, 0.1) is 6.54 Å². The van der Waals surface area contributed by atoms with Crippen molar-refractivity contribution < 1.29 is 9.53 Å². The van der Waals surface area contributed by atoms with Crippen molar-refractivity contribution in [3.05, 3.63) is 42.5 Å². The molecule has 6 rings (SSSR count). The van der Waals surface area contributed by atoms with E-state index in [1.807, 2.05) is 24.3 Å². The average molecular weight is 349 g/mol. The third kappa shape index (κ3) is 2.78. The van der Waals surface area contributed by atoms with Crippen LogP contribution in [0.15, 0.2) is 42.5 Å². The van der Waals surface area contributed by atoms with Crippen LogP contribution in [0.2, 0.25) is 0 Å². The summed E-state index contributed by atoms with van der Waals surface area (Å²) in [6.07, 6.45) is 7.48. The van der Waals surface area contributed by atoms with E-state index in [0.29, 0.717) is 13.2 Å². The first kappa shape index (κ1) is 16.2. The molecule has 0 saturated heterocycles. The van der Waals surface area contributed by atoms with Crippen LogP contribution >= 0.6 is 0 Å². The second-order valence-corrected chi connectivity index (χ2v) is 8.78. The minimum absolute atomic E-state index is 0.0613. The average Bonchev–Trinajstić information content (AvgIpc) is 2.64. The fraction of sp³-hybridized carbons (Fsp3) is 0.522. The Morgan fingerprint density at radius 1 is 0.962 bits per heavy atom. The molecule has 2 aromatic rings. The van der Waals surface area contributed by atoms with Gasteiger partial charge in [0, 0.05) is 10.8 Å². The third-order valence-corrected chi connectivity index (χ3v) is 6.91. The van der Waals surface area contributed by atoms with Crippen molar-refractivity contribution in [3.63, 3.8) is 0 Å². The number of hydrogen-bond donors (Lipinski definition) is 1. The maximum Gasteiger partial charge on any atom is 0.226 e. The molecule has 4 fully saturated rings. The summed E-state index contributed by atoms with van der Waals surface area (Å²) in [4.78, 5) is 13.0. The van der Waals surface area contributed by atoms with E-state index >= 15 is 0 Å². The first-order valence-corrected chi connectivity index (χ1v) is 10.1. The number of hydrogen-bond acceptors (Lipinski definition) is 2. The molecule has 0 aromatic heterocycles. The lowest BCUT2D eigenvalue weighted by atomic mass is 9.49. The predicted molar refractivity (Wildman–Crippen MR) is 103 cm³/mol. The molecule has 0 heterocycles. The van der Waals surface area contributed by atoms with Gasteiger partial charge in [-0.05, 0) is 67.7 Å². The molecule has 1 amide bonds. The van der Waals surface area contributed by atoms with Crippen LogP contribution in [0.4, 0.5) is 0 Å². The van der Waals surface area contributed by atoms with Gasteiger partial charge in [0.15, 0.2) is 0 Å². The van der Waals surface area contributed by atoms with E-state index in [1.54, 1.807) is 0 Å². The lowest BCUT2D eigenvalue weighted by Gasteiger charge is -2.55. The minimum Gasteiger partial charge on any atom is -0.491 e. The number of benzene rings is 2. The Hall–Kier alpha value is -2.03. The second-order valence-electron chi connectivity index (χ2n) is 8.78. The van der Waals surface area contributed by atoms with Crippen LogP contribution in [0.25, 0.3) is 10.8 Å². The lowest BCUT2D eigenvalue weighted by Crippen LogP contribution is -2.54. The Balaban J connectivity index is 1.19. The van der Waals surface area contributed by atoms with E-state index in [9.17, 15) is 4.79 Å². The highest BCUT2D eigenvalue weighted by Gasteiger charge is 2.54. The van der Waals surface area contributed by atoms with Crippen LogP contribution in [-0.2, 0) is 4.79 Å². The summed E-state index contributed by atoms with van der Waals surface area (Å²) in [5.74, 6) is 3.60. The monoisotopic (exact) mass is 349 g/mol. The molecule has 26 heavy (non-hydrogen) atoms. The lowest BCUT2D eigenvalue weighted by molar-refractivity contribution is -0.146. The van der Waals surface area contributed by atoms with Crippen LogP contribution in [0.3, 0.4) is 0 Å². The fourth-order valence-electron chi connectivity index (χ4n) is 6.22. The van der Waals surface area contributed by atoms with E-state index in [0.717, 1.165) is 48.2 Å². The third-order valence-electron chi connectivity index (χ3n) is 6.91. The van der Waals surface area contributed by atoms with Crippen LogP contribution in [0.5, 0.6) is 5.75 Å². The number of carbonyl (C=O) groups excluding carboxylic acids is 1. The molecule has 0 radical (unpaired) electrons. The predicted octanol–water partition coefficient (Wildman–Crippen LogP) is 4.55. The van der Waals surface area contributed by atoms with Crippen LogP contribution in [-0.4, -0.2) is 19.1 Å². The summed E-state index contributed by atoms with van der Waals surface area (Å²) in [6, 6.07) is 14.4. The number of carbonyl (C=O) groups is 1. The van der Waals surface area contributed by atoms with Crippen LogP contribution in [0.1, 0.15) is 38.5 Å². The van der Waals surface area contributed by atoms with Crippen molar-refractivity contribution in [2.24, 2.45) is 23.2 Å². The van der Waals surface area contributed by atoms with Gasteiger partial charge in [0.2, 0.25) is 5.91 Å². The quantitative estimate of drug-likeness (QED) is 0.804. The molecule has 4 saturated carbocycles. The molecule has 4 aliphatic rings. The summed E-state index contributed by atoms with van der Waals surface area (Å²) in [5.41, 5.74) is -0.0613. The molecule has 2 aromatic carbocycles. The zero-order valence-electron chi connectivity index (χ0n) is 15.2. The highest BCUT2D eigenvalue weighted by atomic mass is 16.5. The second kappa shape index (κ2) is 6.29. The topological polar surface area (TPSA) is 38.3 Å². The first-order chi connectivity index (χ1) is 12.7. The largest absolute Gasteiger partial charge is 0.491 e. The maximum absolute atomic E-state index is 13.0. The van der Waals surface area contributed by atoms with Crippen molar-refractivity contribution >= 4 is 16.7 Å². The Bertz CT molecular complexity index is 787. The number of ether oxygens (including phenoxy) is 1. The normalized spacial score (nSPS) is 31.9. The SMILES string of the molecule is O=C(NCCOc1cccc2ccccc12)C12CC3CC(CC(C3)C1)C2. The number of nitrogens with one attached hydrogen (secondary N) is 1. The van der Waals surface area contributed by atoms with Gasteiger partial charge in [-0.3, -0.25) is 4.79 Å². The Labute approximate surface area is 155 Å². The summed E-state index contributed by atoms with van der Waals surface area (Å²) in [7, 11) is 0. The molecule has 3 nitrogen and oxygen atoms in total. The van der Waals surface area contributed by atoms with E-state index in [2.05, 4.69) is 23.5 Å². The van der Waals surface area contributed by atoms with E-state index in [1.165, 1.54) is 24.6 Å². The minimum atomic E-state index is -0.0613. The number of amides is 1. The number of fused-ring (bicyclic) bond motifs is 1. The van der Waals surface area contributed by atoms with Crippen molar-refractivity contribution in [2.75, 3.05) is 13.2 Å². The standard InChI is InChI=1S/C23H27NO2/c25-22(23-13-16-10-17(14-23)12-18(11-16)15-23)24-8-9-26-21-7-3-5-19-4-1-2-6-20(19)21/h1-7,16-18H,8-15H2,(H,24,25). The summed E-state index contributed by atoms with van der Waals surface area (Å²) >= 11 is 0. The van der Waals surface area contributed by atoms with E-state index < -0.39 is 0 Å². The summed E-state index contributed by atoms with van der Waals surface area (Å²) in [5, 5.41) is 5.50. The van der Waals surface area contributed by atoms with Crippen molar-refractivity contribution in [2.45, 2.75) is 38.5 Å². The van der Waals surface area contributed by atoms with E-state index in [-0.39, 0.29) is 11.3 Å². The van der Waals surface area contributed by atoms with Gasteiger partial charge >= 0.3 is 0 Å². The van der Waals surface area contributed by atoms with Crippen molar-refractivity contribution in [1.82, 2.24) is 5.32 Å². The smallest absolute Gasteiger partial charge is 0.226 e. The van der Waals surface area contributed by atoms with Crippen LogP contribution < -0.4 is 10.1 Å². The molecule has 0 unspecified atom stereocenters. The molecule has 0 atom stereocenters. The zero-order valence-corrected chi connectivity index (χ0v) is 15.2. The van der Waals surface area contributed by atoms with Crippen LogP contribution in [0, 0.1) is 23.2 Å². The molecule has 3 heteroatoms. The first-order valence-electron chi connectivity index (χ1n) is 10.1. The molecule has 1 N–H and O–H groups in total. The number of rotatable bonds is 5. The van der Waals surface area contributed by atoms with Gasteiger partial charge in [0.1, 0.15) is 12.4 Å². The van der Waals surface area contributed by atoms with Gasteiger partial charge in [-0.15, -0.1) is 0 Å². The summed E-state index contributed by atoms with van der Waals surface area (Å²) < 4.78 is 5.97. The molecular formula is C23H27NO2. The highest BCUT2D eigenvalue weighted by Crippen LogP contribution is 2.60. The van der Waals surface area contributed by atoms with E-state index in [4.69, 9.17) is 4.74 Å². The van der Waals surface area contributed by atoms with Gasteiger partial charge in [0.25, 0.3) is 0 Å². The van der Waals surface area contributed by atoms with Crippen molar-refractivity contribution in [1.29, 1.82) is 0 Å². The molecule has 0 aliphatic heterocycles. The zero-order chi connectivity index (χ0) is 17.6. The molecular weight excluding hydrogens is 322 g/mol. The van der Waals surface area contributed by atoms with Gasteiger partial charge in [-0.25, -0.2) is 0 Å². The Morgan fingerprint density at radius 3 is 2.35 bits per heavy atom. The molecule has 4 bridgehead atoms. The molecule has 136 valence electrons. The Morgan fingerprint density at radius 2 is 1.62 bits per heavy atom. The fourth-order valence-corrected chi connectivity index (χ4v) is 6.22. The van der Waals surface area contributed by atoms with Gasteiger partial charge < -0.3 is 10.1 Å².